The Labute approximate surface area is 197 Å². The minimum Gasteiger partial charge on any atom is -0.474 e. The van der Waals surface area contributed by atoms with Crippen LogP contribution in [-0.2, 0) is 25.6 Å². The number of ether oxygens (including phenoxy) is 2. The minimum atomic E-state index is -4.08. The van der Waals surface area contributed by atoms with E-state index in [1.165, 1.54) is 12.4 Å². The van der Waals surface area contributed by atoms with Gasteiger partial charge in [0, 0.05) is 37.0 Å². The van der Waals surface area contributed by atoms with Crippen molar-refractivity contribution in [3.05, 3.63) is 59.1 Å². The first-order valence-electron chi connectivity index (χ1n) is 10.3. The van der Waals surface area contributed by atoms with Gasteiger partial charge in [0.2, 0.25) is 5.88 Å². The number of halogens is 1. The van der Waals surface area contributed by atoms with Crippen molar-refractivity contribution in [2.75, 3.05) is 12.4 Å². The van der Waals surface area contributed by atoms with Gasteiger partial charge in [0.1, 0.15) is 24.5 Å². The molecule has 0 bridgehead atoms. The molecule has 1 heterocycles. The van der Waals surface area contributed by atoms with Crippen molar-refractivity contribution in [1.29, 1.82) is 0 Å². The first-order chi connectivity index (χ1) is 15.7. The number of nitrogens with one attached hydrogen (secondary N) is 1. The van der Waals surface area contributed by atoms with E-state index in [2.05, 4.69) is 19.5 Å². The Hall–Kier alpha value is -2.44. The summed E-state index contributed by atoms with van der Waals surface area (Å²) < 4.78 is 37.7. The van der Waals surface area contributed by atoms with Gasteiger partial charge in [-0.2, -0.15) is 13.6 Å². The number of hydrogen-bond donors (Lipinski definition) is 3. The van der Waals surface area contributed by atoms with E-state index in [4.69, 9.17) is 26.2 Å². The largest absolute Gasteiger partial charge is 0.474 e. The molecule has 1 fully saturated rings. The van der Waals surface area contributed by atoms with Gasteiger partial charge >= 0.3 is 10.3 Å². The van der Waals surface area contributed by atoms with Crippen LogP contribution in [0.5, 0.6) is 5.88 Å². The van der Waals surface area contributed by atoms with Gasteiger partial charge in [-0.15, -0.1) is 0 Å². The molecule has 10 nitrogen and oxygen atoms in total. The normalized spacial score (nSPS) is 27.0. The summed E-state index contributed by atoms with van der Waals surface area (Å²) in [6.45, 7) is 0. The lowest BCUT2D eigenvalue weighted by molar-refractivity contribution is 0.0959. The average Bonchev–Trinajstić information content (AvgIpc) is 3.26. The molecule has 0 aliphatic heterocycles. The van der Waals surface area contributed by atoms with Crippen molar-refractivity contribution >= 4 is 27.7 Å². The molecule has 12 heteroatoms. The number of aromatic nitrogens is 2. The van der Waals surface area contributed by atoms with Gasteiger partial charge in [-0.1, -0.05) is 17.7 Å². The standard InChI is InChI=1S/C21H25ClN4O6S/c1-30-18-8-13-6-14(22)2-3-16(13)21(18)26-19-10-20(25-11-24-19)32-15-7-12(17(27)9-15)4-5-31-33(23,28)29/h2-6,10-12,15,17-18,21,27H,7-9H2,1H3,(H2,23,28,29)(H,24,25,26). The average molecular weight is 497 g/mol. The van der Waals surface area contributed by atoms with E-state index >= 15 is 0 Å². The van der Waals surface area contributed by atoms with Crippen LogP contribution >= 0.6 is 11.6 Å². The fraction of sp³-hybridized carbons (Fsp3) is 0.429. The molecule has 4 rings (SSSR count). The number of anilines is 1. The molecule has 1 aromatic carbocycles. The number of aliphatic hydroxyl groups excluding tert-OH is 1. The summed E-state index contributed by atoms with van der Waals surface area (Å²) in [5, 5.41) is 19.1. The van der Waals surface area contributed by atoms with Crippen molar-refractivity contribution in [3.8, 4) is 5.88 Å². The van der Waals surface area contributed by atoms with Crippen LogP contribution in [0.1, 0.15) is 30.0 Å². The first-order valence-corrected chi connectivity index (χ1v) is 12.2. The predicted molar refractivity (Wildman–Crippen MR) is 121 cm³/mol. The third-order valence-corrected chi connectivity index (χ3v) is 6.43. The van der Waals surface area contributed by atoms with Crippen LogP contribution in [0.2, 0.25) is 5.02 Å². The minimum absolute atomic E-state index is 0.0742. The number of benzene rings is 1. The SMILES string of the molecule is COC1Cc2cc(Cl)ccc2C1Nc1cc(OC2CC(O)C(C=COS(N)(=O)=O)C2)ncn1. The van der Waals surface area contributed by atoms with Crippen molar-refractivity contribution in [1.82, 2.24) is 9.97 Å². The number of nitrogens with two attached hydrogens (primary N) is 1. The van der Waals surface area contributed by atoms with Gasteiger partial charge in [-0.05, 0) is 35.8 Å². The van der Waals surface area contributed by atoms with Gasteiger partial charge in [-0.3, -0.25) is 0 Å². The monoisotopic (exact) mass is 496 g/mol. The molecule has 0 saturated heterocycles. The molecule has 5 unspecified atom stereocenters. The van der Waals surface area contributed by atoms with Crippen LogP contribution < -0.4 is 15.2 Å². The van der Waals surface area contributed by atoms with E-state index in [9.17, 15) is 13.5 Å². The van der Waals surface area contributed by atoms with Gasteiger partial charge in [0.05, 0.1) is 18.2 Å². The maximum Gasteiger partial charge on any atom is 0.379 e. The van der Waals surface area contributed by atoms with Crippen molar-refractivity contribution < 1.29 is 27.2 Å². The highest BCUT2D eigenvalue weighted by Crippen LogP contribution is 2.37. The van der Waals surface area contributed by atoms with E-state index in [-0.39, 0.29) is 24.2 Å². The second kappa shape index (κ2) is 9.82. The molecule has 1 aromatic heterocycles. The lowest BCUT2D eigenvalue weighted by Crippen LogP contribution is -2.24. The summed E-state index contributed by atoms with van der Waals surface area (Å²) in [4.78, 5) is 8.48. The highest BCUT2D eigenvalue weighted by molar-refractivity contribution is 7.84. The van der Waals surface area contributed by atoms with Crippen LogP contribution in [0.15, 0.2) is 42.9 Å². The maximum absolute atomic E-state index is 10.9. The van der Waals surface area contributed by atoms with Crippen LogP contribution in [0.3, 0.4) is 0 Å². The molecule has 0 amide bonds. The predicted octanol–water partition coefficient (Wildman–Crippen LogP) is 2.11. The van der Waals surface area contributed by atoms with E-state index < -0.39 is 16.4 Å². The summed E-state index contributed by atoms with van der Waals surface area (Å²) in [6.07, 6.45) is 4.29. The third kappa shape index (κ3) is 5.92. The quantitative estimate of drug-likeness (QED) is 0.467. The van der Waals surface area contributed by atoms with Crippen molar-refractivity contribution in [2.45, 2.75) is 43.6 Å². The molecule has 1 saturated carbocycles. The number of hydrogen-bond acceptors (Lipinski definition) is 9. The molecule has 178 valence electrons. The van der Waals surface area contributed by atoms with Gasteiger partial charge in [0.25, 0.3) is 0 Å². The maximum atomic E-state index is 10.9. The Morgan fingerprint density at radius 2 is 2.09 bits per heavy atom. The Kier molecular flexibility index (Phi) is 7.05. The molecular formula is C21H25ClN4O6S. The highest BCUT2D eigenvalue weighted by atomic mass is 35.5. The van der Waals surface area contributed by atoms with Gasteiger partial charge in [-0.25, -0.2) is 9.97 Å². The molecule has 0 spiro atoms. The number of fused-ring (bicyclic) bond motifs is 1. The number of methoxy groups -OCH3 is 1. The molecular weight excluding hydrogens is 472 g/mol. The Morgan fingerprint density at radius 1 is 1.27 bits per heavy atom. The van der Waals surface area contributed by atoms with Crippen molar-refractivity contribution in [2.24, 2.45) is 11.1 Å². The second-order valence-corrected chi connectivity index (χ2v) is 9.66. The molecule has 0 radical (unpaired) electrons. The molecule has 33 heavy (non-hydrogen) atoms. The Balaban J connectivity index is 1.41. The molecule has 2 aliphatic rings. The van der Waals surface area contributed by atoms with Crippen LogP contribution in [0, 0.1) is 5.92 Å². The van der Waals surface area contributed by atoms with Crippen LogP contribution in [0.4, 0.5) is 5.82 Å². The Morgan fingerprint density at radius 3 is 2.85 bits per heavy atom. The summed E-state index contributed by atoms with van der Waals surface area (Å²) in [6, 6.07) is 7.38. The van der Waals surface area contributed by atoms with Crippen LogP contribution in [0.25, 0.3) is 0 Å². The fourth-order valence-corrected chi connectivity index (χ4v) is 4.72. The molecule has 5 atom stereocenters. The van der Waals surface area contributed by atoms with Crippen LogP contribution in [-0.4, -0.2) is 48.9 Å². The van der Waals surface area contributed by atoms with E-state index in [0.29, 0.717) is 29.6 Å². The molecule has 2 aliphatic carbocycles. The zero-order valence-electron chi connectivity index (χ0n) is 17.8. The first kappa shape index (κ1) is 23.7. The zero-order valence-corrected chi connectivity index (χ0v) is 19.4. The van der Waals surface area contributed by atoms with E-state index in [1.54, 1.807) is 13.2 Å². The van der Waals surface area contributed by atoms with E-state index in [1.807, 2.05) is 18.2 Å². The third-order valence-electron chi connectivity index (χ3n) is 5.82. The summed E-state index contributed by atoms with van der Waals surface area (Å²) in [5.74, 6) is 0.602. The summed E-state index contributed by atoms with van der Waals surface area (Å²) in [5.41, 5.74) is 2.23. The van der Waals surface area contributed by atoms with Crippen molar-refractivity contribution in [3.63, 3.8) is 0 Å². The smallest absolute Gasteiger partial charge is 0.379 e. The molecule has 2 aromatic rings. The van der Waals surface area contributed by atoms with Gasteiger partial charge < -0.3 is 24.1 Å². The number of aliphatic hydroxyl groups is 1. The summed E-state index contributed by atoms with van der Waals surface area (Å²) >= 11 is 6.13. The van der Waals surface area contributed by atoms with Gasteiger partial charge in [0.15, 0.2) is 0 Å². The second-order valence-electron chi connectivity index (χ2n) is 8.04. The zero-order chi connectivity index (χ0) is 23.6. The van der Waals surface area contributed by atoms with E-state index in [0.717, 1.165) is 23.8 Å². The summed E-state index contributed by atoms with van der Waals surface area (Å²) in [7, 11) is -2.40. The molecule has 4 N–H and O–H groups in total. The topological polar surface area (TPSA) is 146 Å². The Bertz CT molecular complexity index is 1130. The number of rotatable bonds is 8. The lowest BCUT2D eigenvalue weighted by Gasteiger charge is -2.21. The number of nitrogens with zero attached hydrogens (tertiary/aromatic N) is 2. The highest BCUT2D eigenvalue weighted by Gasteiger charge is 2.34. The lowest BCUT2D eigenvalue weighted by atomic mass is 10.1. The fourth-order valence-electron chi connectivity index (χ4n) is 4.31.